The van der Waals surface area contributed by atoms with Gasteiger partial charge in [0.15, 0.2) is 0 Å². The number of nitrogens with zero attached hydrogens (tertiary/aromatic N) is 4. The minimum absolute atomic E-state index is 0.193. The normalized spacial score (nSPS) is 23.7. The number of hydrogen-bond acceptors (Lipinski definition) is 5. The standard InChI is InChI=1S/C30H31FN4O4/c1-17-3-2-4-22(18-5-6-18)25(17)28(37)35-24-13-21(27(36)34-15-30(31,14-32)16-34)11-12-23(24)26(33-35)19-7-9-20(10-8-19)29(38)39/h2-4,7,18,20-21H,5-6,8-13,15-16H2,1H3,(H,38,39). The summed E-state index contributed by atoms with van der Waals surface area (Å²) in [6, 6.07) is 7.55. The monoisotopic (exact) mass is 530 g/mol. The molecule has 0 bridgehead atoms. The zero-order chi connectivity index (χ0) is 27.5. The second kappa shape index (κ2) is 9.44. The number of aliphatic carboxylic acids is 1. The molecule has 1 aliphatic heterocycles. The lowest BCUT2D eigenvalue weighted by atomic mass is 9.81. The molecule has 4 aliphatic rings. The van der Waals surface area contributed by atoms with Crippen LogP contribution in [0.15, 0.2) is 24.3 Å². The van der Waals surface area contributed by atoms with Crippen molar-refractivity contribution in [3.8, 4) is 6.07 Å². The van der Waals surface area contributed by atoms with Crippen LogP contribution in [-0.2, 0) is 22.4 Å². The number of alkyl halides is 1. The van der Waals surface area contributed by atoms with E-state index in [4.69, 9.17) is 10.4 Å². The third-order valence-corrected chi connectivity index (χ3v) is 8.81. The Morgan fingerprint density at radius 3 is 2.51 bits per heavy atom. The van der Waals surface area contributed by atoms with Gasteiger partial charge >= 0.3 is 5.97 Å². The fraction of sp³-hybridized carbons (Fsp3) is 0.500. The zero-order valence-electron chi connectivity index (χ0n) is 22.0. The molecule has 8 nitrogen and oxygen atoms in total. The highest BCUT2D eigenvalue weighted by molar-refractivity contribution is 5.99. The number of rotatable bonds is 5. The average Bonchev–Trinajstić information content (AvgIpc) is 3.70. The summed E-state index contributed by atoms with van der Waals surface area (Å²) < 4.78 is 15.7. The molecular weight excluding hydrogens is 499 g/mol. The minimum Gasteiger partial charge on any atom is -0.481 e. The highest BCUT2D eigenvalue weighted by Crippen LogP contribution is 2.43. The molecule has 2 fully saturated rings. The Morgan fingerprint density at radius 1 is 1.13 bits per heavy atom. The summed E-state index contributed by atoms with van der Waals surface area (Å²) in [5, 5.41) is 23.3. The number of carbonyl (C=O) groups excluding carboxylic acids is 2. The van der Waals surface area contributed by atoms with Crippen molar-refractivity contribution < 1.29 is 23.9 Å². The number of amides is 1. The number of aryl methyl sites for hydroxylation is 1. The third-order valence-electron chi connectivity index (χ3n) is 8.81. The van der Waals surface area contributed by atoms with Gasteiger partial charge in [0, 0.05) is 23.5 Å². The average molecular weight is 531 g/mol. The smallest absolute Gasteiger partial charge is 0.306 e. The van der Waals surface area contributed by atoms with Gasteiger partial charge in [-0.05, 0) is 74.5 Å². The van der Waals surface area contributed by atoms with Crippen LogP contribution < -0.4 is 0 Å². The fourth-order valence-electron chi connectivity index (χ4n) is 6.39. The largest absolute Gasteiger partial charge is 0.481 e. The first-order valence-corrected chi connectivity index (χ1v) is 13.7. The van der Waals surface area contributed by atoms with Crippen molar-refractivity contribution in [2.24, 2.45) is 11.8 Å². The molecule has 2 unspecified atom stereocenters. The summed E-state index contributed by atoms with van der Waals surface area (Å²) in [7, 11) is 0. The Hall–Kier alpha value is -3.80. The summed E-state index contributed by atoms with van der Waals surface area (Å²) in [6.45, 7) is 1.49. The highest BCUT2D eigenvalue weighted by atomic mass is 19.1. The van der Waals surface area contributed by atoms with Crippen molar-refractivity contribution in [2.75, 3.05) is 13.1 Å². The van der Waals surface area contributed by atoms with Gasteiger partial charge in [-0.1, -0.05) is 24.3 Å². The second-order valence-corrected chi connectivity index (χ2v) is 11.6. The predicted octanol–water partition coefficient (Wildman–Crippen LogP) is 4.20. The molecule has 6 rings (SSSR count). The molecule has 3 aliphatic carbocycles. The molecule has 1 N–H and O–H groups in total. The maximum Gasteiger partial charge on any atom is 0.306 e. The van der Waals surface area contributed by atoms with Crippen molar-refractivity contribution in [1.82, 2.24) is 14.7 Å². The lowest BCUT2D eigenvalue weighted by molar-refractivity contribution is -0.146. The number of carbonyl (C=O) groups is 3. The van der Waals surface area contributed by atoms with Crippen molar-refractivity contribution in [1.29, 1.82) is 5.26 Å². The lowest BCUT2D eigenvalue weighted by Crippen LogP contribution is -2.61. The number of benzene rings is 1. The van der Waals surface area contributed by atoms with E-state index < -0.39 is 23.5 Å². The molecule has 1 saturated carbocycles. The number of halogens is 1. The number of carboxylic acid groups (broad SMARTS) is 1. The van der Waals surface area contributed by atoms with Crippen molar-refractivity contribution in [2.45, 2.75) is 69.9 Å². The van der Waals surface area contributed by atoms with Crippen LogP contribution in [0.25, 0.3) is 5.57 Å². The van der Waals surface area contributed by atoms with Crippen LogP contribution in [0.4, 0.5) is 4.39 Å². The van der Waals surface area contributed by atoms with E-state index in [0.29, 0.717) is 55.7 Å². The molecule has 0 spiro atoms. The van der Waals surface area contributed by atoms with E-state index in [1.165, 1.54) is 9.58 Å². The number of nitriles is 1. The van der Waals surface area contributed by atoms with Crippen LogP contribution in [-0.4, -0.2) is 56.3 Å². The Labute approximate surface area is 226 Å². The molecule has 9 heteroatoms. The molecule has 39 heavy (non-hydrogen) atoms. The van der Waals surface area contributed by atoms with Crippen LogP contribution in [0, 0.1) is 30.1 Å². The molecule has 1 aromatic carbocycles. The number of hydrogen-bond donors (Lipinski definition) is 1. The first kappa shape index (κ1) is 25.5. The van der Waals surface area contributed by atoms with Gasteiger partial charge in [-0.3, -0.25) is 14.4 Å². The van der Waals surface area contributed by atoms with E-state index in [1.54, 1.807) is 6.07 Å². The second-order valence-electron chi connectivity index (χ2n) is 11.6. The lowest BCUT2D eigenvalue weighted by Gasteiger charge is -2.42. The van der Waals surface area contributed by atoms with Crippen LogP contribution in [0.5, 0.6) is 0 Å². The summed E-state index contributed by atoms with van der Waals surface area (Å²) >= 11 is 0. The molecule has 1 saturated heterocycles. The van der Waals surface area contributed by atoms with E-state index in [2.05, 4.69) is 0 Å². The number of fused-ring (bicyclic) bond motifs is 1. The van der Waals surface area contributed by atoms with Crippen molar-refractivity contribution in [3.63, 3.8) is 0 Å². The van der Waals surface area contributed by atoms with Gasteiger partial charge in [0.05, 0.1) is 30.4 Å². The van der Waals surface area contributed by atoms with Gasteiger partial charge in [-0.2, -0.15) is 15.0 Å². The minimum atomic E-state index is -1.98. The van der Waals surface area contributed by atoms with E-state index in [9.17, 15) is 23.9 Å². The van der Waals surface area contributed by atoms with Gasteiger partial charge in [0.25, 0.3) is 5.91 Å². The number of aromatic nitrogens is 2. The summed E-state index contributed by atoms with van der Waals surface area (Å²) in [5.41, 5.74) is 3.92. The summed E-state index contributed by atoms with van der Waals surface area (Å²) in [4.78, 5) is 40.3. The van der Waals surface area contributed by atoms with E-state index in [1.807, 2.05) is 31.2 Å². The molecule has 2 heterocycles. The molecular formula is C30H31FN4O4. The van der Waals surface area contributed by atoms with Gasteiger partial charge < -0.3 is 10.0 Å². The summed E-state index contributed by atoms with van der Waals surface area (Å²) in [5.74, 6) is -1.68. The predicted molar refractivity (Wildman–Crippen MR) is 140 cm³/mol. The number of carboxylic acids is 1. The van der Waals surface area contributed by atoms with Gasteiger partial charge in [0.1, 0.15) is 6.07 Å². The molecule has 2 atom stereocenters. The van der Waals surface area contributed by atoms with Crippen LogP contribution in [0.2, 0.25) is 0 Å². The van der Waals surface area contributed by atoms with Crippen molar-refractivity contribution in [3.05, 3.63) is 57.9 Å². The molecule has 202 valence electrons. The van der Waals surface area contributed by atoms with Crippen LogP contribution in [0.1, 0.15) is 82.9 Å². The van der Waals surface area contributed by atoms with Crippen molar-refractivity contribution >= 4 is 23.4 Å². The van der Waals surface area contributed by atoms with Crippen LogP contribution >= 0.6 is 0 Å². The van der Waals surface area contributed by atoms with E-state index in [-0.39, 0.29) is 24.9 Å². The number of likely N-dealkylation sites (tertiary alicyclic amines) is 1. The summed E-state index contributed by atoms with van der Waals surface area (Å²) in [6.07, 6.45) is 6.94. The maximum absolute atomic E-state index is 14.2. The SMILES string of the molecule is Cc1cccc(C2CC2)c1C(=O)n1nc(C2=CCC(C(=O)O)CC2)c2c1CC(C(=O)N1CC(F)(C#N)C1)CC2. The Kier molecular flexibility index (Phi) is 6.17. The third kappa shape index (κ3) is 4.46. The first-order valence-electron chi connectivity index (χ1n) is 13.7. The quantitative estimate of drug-likeness (QED) is 0.619. The first-order chi connectivity index (χ1) is 18.7. The zero-order valence-corrected chi connectivity index (χ0v) is 22.0. The van der Waals surface area contributed by atoms with Crippen LogP contribution in [0.3, 0.4) is 0 Å². The molecule has 0 radical (unpaired) electrons. The fourth-order valence-corrected chi connectivity index (χ4v) is 6.39. The molecule has 1 aromatic heterocycles. The Bertz CT molecular complexity index is 1460. The highest BCUT2D eigenvalue weighted by Gasteiger charge is 2.48. The van der Waals surface area contributed by atoms with Gasteiger partial charge in [-0.15, -0.1) is 0 Å². The Balaban J connectivity index is 1.37. The molecule has 1 amide bonds. The van der Waals surface area contributed by atoms with Gasteiger partial charge in [0.2, 0.25) is 11.6 Å². The Morgan fingerprint density at radius 2 is 1.87 bits per heavy atom. The van der Waals surface area contributed by atoms with Gasteiger partial charge in [-0.25, -0.2) is 4.39 Å². The topological polar surface area (TPSA) is 116 Å². The number of allylic oxidation sites excluding steroid dienone is 2. The molecule has 2 aromatic rings. The maximum atomic E-state index is 14.2. The van der Waals surface area contributed by atoms with E-state index >= 15 is 0 Å². The van der Waals surface area contributed by atoms with E-state index in [0.717, 1.165) is 40.8 Å².